The molecule has 0 aromatic heterocycles. The number of carbonyl (C=O) groups excluding carboxylic acids is 2. The Labute approximate surface area is 218 Å². The van der Waals surface area contributed by atoms with E-state index in [0.29, 0.717) is 63.2 Å². The highest BCUT2D eigenvalue weighted by atomic mass is 32.2. The first kappa shape index (κ1) is 28.8. The van der Waals surface area contributed by atoms with Gasteiger partial charge in [0.25, 0.3) is 11.8 Å². The summed E-state index contributed by atoms with van der Waals surface area (Å²) >= 11 is 0. The molecule has 0 atom stereocenters. The molecule has 0 unspecified atom stereocenters. The van der Waals surface area contributed by atoms with Crippen LogP contribution < -0.4 is 14.2 Å². The third kappa shape index (κ3) is 8.12. The molecule has 0 aliphatic carbocycles. The number of rotatable bonds is 10. The maximum absolute atomic E-state index is 13.3. The lowest BCUT2D eigenvalue weighted by atomic mass is 10.0. The molecule has 3 rings (SSSR count). The van der Waals surface area contributed by atoms with Crippen LogP contribution >= 0.6 is 0 Å². The highest BCUT2D eigenvalue weighted by Gasteiger charge is 2.28. The summed E-state index contributed by atoms with van der Waals surface area (Å²) in [6.07, 6.45) is 1.90. The molecule has 2 heterocycles. The SMILES string of the molecule is C=CS(=O)(=O)NC1CCN(C(=O)COc2ccc(C)cc2C(=O)N2CCC(NS(=O)(=O)C=C)CC2)CC1. The Kier molecular flexibility index (Phi) is 9.51. The van der Waals surface area contributed by atoms with Crippen LogP contribution in [-0.4, -0.2) is 83.3 Å². The Bertz CT molecular complexity index is 1230. The van der Waals surface area contributed by atoms with Gasteiger partial charge in [-0.05, 0) is 44.7 Å². The highest BCUT2D eigenvalue weighted by molar-refractivity contribution is 7.92. The van der Waals surface area contributed by atoms with Gasteiger partial charge in [-0.25, -0.2) is 26.3 Å². The van der Waals surface area contributed by atoms with E-state index >= 15 is 0 Å². The van der Waals surface area contributed by atoms with Crippen LogP contribution in [0.25, 0.3) is 0 Å². The number of aryl methyl sites for hydroxylation is 1. The van der Waals surface area contributed by atoms with E-state index in [-0.39, 0.29) is 30.5 Å². The van der Waals surface area contributed by atoms with Gasteiger partial charge in [0.2, 0.25) is 20.0 Å². The first-order valence-corrected chi connectivity index (χ1v) is 15.1. The highest BCUT2D eigenvalue weighted by Crippen LogP contribution is 2.24. The number of nitrogens with zero attached hydrogens (tertiary/aromatic N) is 2. The molecule has 2 saturated heterocycles. The van der Waals surface area contributed by atoms with E-state index < -0.39 is 20.0 Å². The number of likely N-dealkylation sites (tertiary alicyclic amines) is 2. The Balaban J connectivity index is 1.56. The molecule has 0 radical (unpaired) electrons. The Morgan fingerprint density at radius 1 is 0.919 bits per heavy atom. The number of benzene rings is 1. The zero-order valence-electron chi connectivity index (χ0n) is 20.9. The van der Waals surface area contributed by atoms with Crippen molar-refractivity contribution in [1.29, 1.82) is 0 Å². The number of sulfonamides is 2. The molecule has 2 N–H and O–H groups in total. The Morgan fingerprint density at radius 2 is 1.41 bits per heavy atom. The minimum Gasteiger partial charge on any atom is -0.483 e. The molecule has 204 valence electrons. The van der Waals surface area contributed by atoms with Crippen molar-refractivity contribution in [2.24, 2.45) is 0 Å². The number of piperidine rings is 2. The van der Waals surface area contributed by atoms with Crippen LogP contribution in [0.1, 0.15) is 41.6 Å². The van der Waals surface area contributed by atoms with E-state index in [4.69, 9.17) is 4.74 Å². The van der Waals surface area contributed by atoms with Crippen LogP contribution in [0, 0.1) is 6.92 Å². The minimum absolute atomic E-state index is 0.244. The second kappa shape index (κ2) is 12.2. The molecule has 2 fully saturated rings. The second-order valence-corrected chi connectivity index (χ2v) is 12.5. The zero-order valence-corrected chi connectivity index (χ0v) is 22.5. The molecule has 0 saturated carbocycles. The minimum atomic E-state index is -3.54. The van der Waals surface area contributed by atoms with E-state index in [2.05, 4.69) is 22.6 Å². The molecule has 2 aliphatic heterocycles. The molecular formula is C24H34N4O7S2. The standard InChI is InChI=1S/C24H34N4O7S2/c1-4-36(31,32)25-19-8-12-27(13-9-19)23(29)17-35-22-7-6-18(3)16-21(22)24(30)28-14-10-20(11-15-28)26-37(33,34)5-2/h4-7,16,19-20,25-26H,1-2,8-15,17H2,3H3. The average molecular weight is 555 g/mol. The molecule has 2 amide bonds. The predicted molar refractivity (Wildman–Crippen MR) is 140 cm³/mol. The fourth-order valence-electron chi connectivity index (χ4n) is 4.35. The van der Waals surface area contributed by atoms with Crippen molar-refractivity contribution in [3.8, 4) is 5.75 Å². The van der Waals surface area contributed by atoms with Gasteiger partial charge >= 0.3 is 0 Å². The smallest absolute Gasteiger partial charge is 0.260 e. The van der Waals surface area contributed by atoms with Crippen molar-refractivity contribution in [3.05, 3.63) is 53.3 Å². The number of amides is 2. The number of hydrogen-bond donors (Lipinski definition) is 2. The average Bonchev–Trinajstić information content (AvgIpc) is 2.88. The van der Waals surface area contributed by atoms with Crippen molar-refractivity contribution in [2.75, 3.05) is 32.8 Å². The van der Waals surface area contributed by atoms with E-state index in [0.717, 1.165) is 16.4 Å². The second-order valence-electron chi connectivity index (χ2n) is 9.17. The first-order chi connectivity index (χ1) is 17.4. The molecule has 13 heteroatoms. The van der Waals surface area contributed by atoms with Gasteiger partial charge in [0.05, 0.1) is 5.56 Å². The van der Waals surface area contributed by atoms with Crippen LogP contribution in [0.4, 0.5) is 0 Å². The third-order valence-electron chi connectivity index (χ3n) is 6.45. The van der Waals surface area contributed by atoms with Gasteiger partial charge in [-0.2, -0.15) is 0 Å². The van der Waals surface area contributed by atoms with Gasteiger partial charge in [-0.15, -0.1) is 0 Å². The van der Waals surface area contributed by atoms with Gasteiger partial charge in [-0.1, -0.05) is 24.8 Å². The maximum Gasteiger partial charge on any atom is 0.260 e. The molecule has 2 aliphatic rings. The van der Waals surface area contributed by atoms with E-state index in [1.54, 1.807) is 28.0 Å². The zero-order chi connectivity index (χ0) is 27.2. The summed E-state index contributed by atoms with van der Waals surface area (Å²) in [5.41, 5.74) is 1.20. The lowest BCUT2D eigenvalue weighted by Crippen LogP contribution is -2.47. The van der Waals surface area contributed by atoms with E-state index in [9.17, 15) is 26.4 Å². The fraction of sp³-hybridized carbons (Fsp3) is 0.500. The third-order valence-corrected chi connectivity index (χ3v) is 8.65. The lowest BCUT2D eigenvalue weighted by molar-refractivity contribution is -0.134. The normalized spacial score (nSPS) is 17.9. The molecular weight excluding hydrogens is 520 g/mol. The van der Waals surface area contributed by atoms with Crippen molar-refractivity contribution in [3.63, 3.8) is 0 Å². The molecule has 0 bridgehead atoms. The molecule has 0 spiro atoms. The summed E-state index contributed by atoms with van der Waals surface area (Å²) in [5.74, 6) is -0.196. The van der Waals surface area contributed by atoms with Crippen molar-refractivity contribution >= 4 is 31.9 Å². The van der Waals surface area contributed by atoms with Crippen LogP contribution in [0.2, 0.25) is 0 Å². The van der Waals surface area contributed by atoms with Crippen LogP contribution in [-0.2, 0) is 24.8 Å². The lowest BCUT2D eigenvalue weighted by Gasteiger charge is -2.33. The fourth-order valence-corrected chi connectivity index (χ4v) is 5.94. The van der Waals surface area contributed by atoms with Gasteiger partial charge in [0, 0.05) is 49.1 Å². The Hall–Kier alpha value is -2.74. The summed E-state index contributed by atoms with van der Waals surface area (Å²) in [6, 6.07) is 4.65. The first-order valence-electron chi connectivity index (χ1n) is 12.0. The van der Waals surface area contributed by atoms with E-state index in [1.165, 1.54) is 0 Å². The monoisotopic (exact) mass is 554 g/mol. The van der Waals surface area contributed by atoms with Crippen molar-refractivity contribution in [1.82, 2.24) is 19.2 Å². The predicted octanol–water partition coefficient (Wildman–Crippen LogP) is 1.10. The van der Waals surface area contributed by atoms with Crippen LogP contribution in [0.5, 0.6) is 5.75 Å². The topological polar surface area (TPSA) is 142 Å². The number of nitrogens with one attached hydrogen (secondary N) is 2. The maximum atomic E-state index is 13.3. The Morgan fingerprint density at radius 3 is 1.89 bits per heavy atom. The molecule has 1 aromatic carbocycles. The van der Waals surface area contributed by atoms with Gasteiger partial charge in [0.1, 0.15) is 5.75 Å². The quantitative estimate of drug-likeness (QED) is 0.441. The molecule has 1 aromatic rings. The largest absolute Gasteiger partial charge is 0.483 e. The molecule has 11 nitrogen and oxygen atoms in total. The van der Waals surface area contributed by atoms with E-state index in [1.807, 2.05) is 6.92 Å². The van der Waals surface area contributed by atoms with Crippen LogP contribution in [0.15, 0.2) is 42.2 Å². The summed E-state index contributed by atoms with van der Waals surface area (Å²) in [4.78, 5) is 29.3. The number of carbonyl (C=O) groups is 2. The van der Waals surface area contributed by atoms with Crippen molar-refractivity contribution in [2.45, 2.75) is 44.7 Å². The summed E-state index contributed by atoms with van der Waals surface area (Å²) in [6.45, 7) is 9.70. The summed E-state index contributed by atoms with van der Waals surface area (Å²) in [7, 11) is -7.06. The van der Waals surface area contributed by atoms with Gasteiger partial charge in [0.15, 0.2) is 6.61 Å². The molecule has 37 heavy (non-hydrogen) atoms. The van der Waals surface area contributed by atoms with Crippen LogP contribution in [0.3, 0.4) is 0 Å². The van der Waals surface area contributed by atoms with Crippen molar-refractivity contribution < 1.29 is 31.2 Å². The van der Waals surface area contributed by atoms with Gasteiger partial charge < -0.3 is 14.5 Å². The number of hydrogen-bond acceptors (Lipinski definition) is 7. The number of ether oxygens (including phenoxy) is 1. The van der Waals surface area contributed by atoms with Gasteiger partial charge in [-0.3, -0.25) is 9.59 Å². The summed E-state index contributed by atoms with van der Waals surface area (Å²) < 4.78 is 57.6. The summed E-state index contributed by atoms with van der Waals surface area (Å²) in [5, 5.41) is 1.74.